The number of carbonyl (C=O) groups is 2. The molecule has 0 aliphatic heterocycles. The Morgan fingerprint density at radius 1 is 0.839 bits per heavy atom. The van der Waals surface area contributed by atoms with Crippen molar-refractivity contribution in [1.29, 1.82) is 0 Å². The molecule has 0 aliphatic rings. The monoisotopic (exact) mass is 457 g/mol. The lowest BCUT2D eigenvalue weighted by atomic mass is 10.1. The van der Waals surface area contributed by atoms with E-state index in [0.717, 1.165) is 11.1 Å². The van der Waals surface area contributed by atoms with Gasteiger partial charge in [-0.15, -0.1) is 0 Å². The van der Waals surface area contributed by atoms with Gasteiger partial charge in [0.1, 0.15) is 0 Å². The molecule has 9 heteroatoms. The van der Waals surface area contributed by atoms with E-state index in [4.69, 9.17) is 11.6 Å². The Balaban J connectivity index is 1.72. The molecule has 3 aromatic carbocycles. The Morgan fingerprint density at radius 2 is 1.55 bits per heavy atom. The number of nitrogens with one attached hydrogen (secondary N) is 3. The molecule has 0 aromatic heterocycles. The first-order valence-corrected chi connectivity index (χ1v) is 11.1. The first kappa shape index (κ1) is 22.3. The van der Waals surface area contributed by atoms with E-state index < -0.39 is 21.8 Å². The maximum atomic E-state index is 12.7. The van der Waals surface area contributed by atoms with Crippen molar-refractivity contribution in [1.82, 2.24) is 10.9 Å². The van der Waals surface area contributed by atoms with Crippen LogP contribution >= 0.6 is 11.6 Å². The number of amides is 2. The van der Waals surface area contributed by atoms with Crippen molar-refractivity contribution < 1.29 is 18.0 Å². The normalized spacial score (nSPS) is 10.9. The summed E-state index contributed by atoms with van der Waals surface area (Å²) >= 11 is 6.01. The van der Waals surface area contributed by atoms with Gasteiger partial charge in [0.25, 0.3) is 21.8 Å². The fraction of sp³-hybridized carbons (Fsp3) is 0.0909. The predicted molar refractivity (Wildman–Crippen MR) is 120 cm³/mol. The highest BCUT2D eigenvalue weighted by Gasteiger charge is 2.18. The molecule has 0 radical (unpaired) electrons. The fourth-order valence-electron chi connectivity index (χ4n) is 2.87. The Kier molecular flexibility index (Phi) is 6.62. The Morgan fingerprint density at radius 3 is 2.26 bits per heavy atom. The van der Waals surface area contributed by atoms with Gasteiger partial charge in [0.05, 0.1) is 15.6 Å². The number of anilines is 1. The highest BCUT2D eigenvalue weighted by molar-refractivity contribution is 7.92. The average molecular weight is 458 g/mol. The summed E-state index contributed by atoms with van der Waals surface area (Å²) < 4.78 is 27.7. The topological polar surface area (TPSA) is 104 Å². The van der Waals surface area contributed by atoms with Crippen molar-refractivity contribution >= 4 is 39.1 Å². The first-order valence-electron chi connectivity index (χ1n) is 9.23. The maximum absolute atomic E-state index is 12.7. The van der Waals surface area contributed by atoms with Gasteiger partial charge in [-0.1, -0.05) is 47.5 Å². The van der Waals surface area contributed by atoms with Gasteiger partial charge in [0.15, 0.2) is 0 Å². The molecule has 31 heavy (non-hydrogen) atoms. The highest BCUT2D eigenvalue weighted by Crippen LogP contribution is 2.24. The molecule has 2 amide bonds. The molecule has 160 valence electrons. The van der Waals surface area contributed by atoms with Crippen LogP contribution in [0.25, 0.3) is 0 Å². The summed E-state index contributed by atoms with van der Waals surface area (Å²) in [5, 5.41) is 0.245. The molecule has 3 N–H and O–H groups in total. The van der Waals surface area contributed by atoms with Crippen LogP contribution in [0.15, 0.2) is 71.6 Å². The van der Waals surface area contributed by atoms with Gasteiger partial charge < -0.3 is 0 Å². The fourth-order valence-corrected chi connectivity index (χ4v) is 4.24. The lowest BCUT2D eigenvalue weighted by Crippen LogP contribution is -2.41. The van der Waals surface area contributed by atoms with Crippen LogP contribution in [-0.4, -0.2) is 20.2 Å². The van der Waals surface area contributed by atoms with Crippen molar-refractivity contribution in [2.45, 2.75) is 18.7 Å². The molecule has 0 unspecified atom stereocenters. The van der Waals surface area contributed by atoms with Gasteiger partial charge in [-0.25, -0.2) is 8.42 Å². The molecular weight excluding hydrogens is 438 g/mol. The molecular formula is C22H20ClN3O4S. The van der Waals surface area contributed by atoms with Crippen LogP contribution in [0.1, 0.15) is 31.8 Å². The molecule has 0 saturated carbocycles. The minimum Gasteiger partial charge on any atom is -0.278 e. The minimum absolute atomic E-state index is 0.0583. The number of sulfonamides is 1. The van der Waals surface area contributed by atoms with Gasteiger partial charge >= 0.3 is 0 Å². The molecule has 0 bridgehead atoms. The largest absolute Gasteiger partial charge is 0.278 e. The van der Waals surface area contributed by atoms with E-state index in [1.807, 2.05) is 13.0 Å². The van der Waals surface area contributed by atoms with Crippen molar-refractivity contribution in [3.05, 3.63) is 94.0 Å². The molecule has 0 saturated heterocycles. The smallest absolute Gasteiger partial charge is 0.269 e. The Hall–Kier alpha value is -3.36. The first-order chi connectivity index (χ1) is 14.7. The number of rotatable bonds is 5. The summed E-state index contributed by atoms with van der Waals surface area (Å²) in [4.78, 5) is 24.7. The van der Waals surface area contributed by atoms with E-state index in [2.05, 4.69) is 15.6 Å². The van der Waals surface area contributed by atoms with Gasteiger partial charge in [0.2, 0.25) is 0 Å². The third-order valence-electron chi connectivity index (χ3n) is 4.44. The van der Waals surface area contributed by atoms with Crippen LogP contribution in [0.5, 0.6) is 0 Å². The summed E-state index contributed by atoms with van der Waals surface area (Å²) in [7, 11) is -3.98. The predicted octanol–water partition coefficient (Wildman–Crippen LogP) is 3.83. The number of aryl methyl sites for hydroxylation is 2. The van der Waals surface area contributed by atoms with E-state index in [0.29, 0.717) is 5.56 Å². The molecule has 7 nitrogen and oxygen atoms in total. The van der Waals surface area contributed by atoms with Crippen LogP contribution in [-0.2, 0) is 10.0 Å². The summed E-state index contributed by atoms with van der Waals surface area (Å²) in [5.74, 6) is -1.14. The standard InChI is InChI=1S/C22H20ClN3O4S/c1-14-10-11-18(15(2)12-14)22(28)25-24-21(27)16-6-5-7-17(13-16)31(29,30)26-20-9-4-3-8-19(20)23/h3-13,26H,1-2H3,(H,24,27)(H,25,28). The number of halogens is 1. The second-order valence-corrected chi connectivity index (χ2v) is 8.93. The van der Waals surface area contributed by atoms with Gasteiger partial charge in [-0.2, -0.15) is 0 Å². The number of hydrogen-bond donors (Lipinski definition) is 3. The summed E-state index contributed by atoms with van der Waals surface area (Å²) in [6, 6.07) is 17.2. The maximum Gasteiger partial charge on any atom is 0.269 e. The van der Waals surface area contributed by atoms with Gasteiger partial charge in [0, 0.05) is 11.1 Å². The van der Waals surface area contributed by atoms with E-state index in [1.54, 1.807) is 37.3 Å². The Bertz CT molecular complexity index is 1260. The molecule has 0 fully saturated rings. The van der Waals surface area contributed by atoms with Crippen molar-refractivity contribution in [2.75, 3.05) is 4.72 Å². The SMILES string of the molecule is Cc1ccc(C(=O)NNC(=O)c2cccc(S(=O)(=O)Nc3ccccc3Cl)c2)c(C)c1. The molecule has 0 spiro atoms. The van der Waals surface area contributed by atoms with Crippen molar-refractivity contribution in [2.24, 2.45) is 0 Å². The zero-order valence-electron chi connectivity index (χ0n) is 16.8. The molecule has 3 aromatic rings. The summed E-state index contributed by atoms with van der Waals surface area (Å²) in [5.41, 5.74) is 7.13. The van der Waals surface area contributed by atoms with Crippen LogP contribution in [0, 0.1) is 13.8 Å². The number of benzene rings is 3. The van der Waals surface area contributed by atoms with Crippen molar-refractivity contribution in [3.8, 4) is 0 Å². The Labute approximate surface area is 185 Å². The minimum atomic E-state index is -3.98. The third-order valence-corrected chi connectivity index (χ3v) is 6.13. The van der Waals surface area contributed by atoms with E-state index >= 15 is 0 Å². The van der Waals surface area contributed by atoms with Gasteiger partial charge in [-0.05, 0) is 55.8 Å². The zero-order valence-corrected chi connectivity index (χ0v) is 18.3. The molecule has 0 atom stereocenters. The summed E-state index contributed by atoms with van der Waals surface area (Å²) in [6.07, 6.45) is 0. The second kappa shape index (κ2) is 9.20. The van der Waals surface area contributed by atoms with Crippen LogP contribution < -0.4 is 15.6 Å². The van der Waals surface area contributed by atoms with E-state index in [-0.39, 0.29) is 21.2 Å². The summed E-state index contributed by atoms with van der Waals surface area (Å²) in [6.45, 7) is 3.71. The molecule has 0 aliphatic carbocycles. The lowest BCUT2D eigenvalue weighted by molar-refractivity contribution is 0.0846. The van der Waals surface area contributed by atoms with Crippen LogP contribution in [0.3, 0.4) is 0 Å². The van der Waals surface area contributed by atoms with Crippen molar-refractivity contribution in [3.63, 3.8) is 0 Å². The molecule has 0 heterocycles. The third kappa shape index (κ3) is 5.42. The number of hydrazine groups is 1. The zero-order chi connectivity index (χ0) is 22.6. The second-order valence-electron chi connectivity index (χ2n) is 6.84. The van der Waals surface area contributed by atoms with E-state index in [1.165, 1.54) is 30.3 Å². The van der Waals surface area contributed by atoms with E-state index in [9.17, 15) is 18.0 Å². The average Bonchev–Trinajstić information content (AvgIpc) is 2.73. The number of hydrogen-bond acceptors (Lipinski definition) is 4. The highest BCUT2D eigenvalue weighted by atomic mass is 35.5. The quantitative estimate of drug-likeness (QED) is 0.506. The lowest BCUT2D eigenvalue weighted by Gasteiger charge is -2.12. The van der Waals surface area contributed by atoms with Crippen LogP contribution in [0.4, 0.5) is 5.69 Å². The molecule has 3 rings (SSSR count). The number of para-hydroxylation sites is 1. The number of carbonyl (C=O) groups excluding carboxylic acids is 2. The van der Waals surface area contributed by atoms with Crippen LogP contribution in [0.2, 0.25) is 5.02 Å². The van der Waals surface area contributed by atoms with Gasteiger partial charge in [-0.3, -0.25) is 25.2 Å².